The first kappa shape index (κ1) is 15.7. The van der Waals surface area contributed by atoms with Crippen LogP contribution in [0, 0.1) is 0 Å². The zero-order valence-electron chi connectivity index (χ0n) is 3.52. The molecule has 2 nitrogen and oxygen atoms in total. The molecule has 0 aromatic carbocycles. The van der Waals surface area contributed by atoms with E-state index in [1.54, 1.807) is 0 Å². The van der Waals surface area contributed by atoms with Crippen LogP contribution in [0.15, 0.2) is 0 Å². The van der Waals surface area contributed by atoms with Gasteiger partial charge < -0.3 is 10.6 Å². The van der Waals surface area contributed by atoms with Gasteiger partial charge in [-0.15, -0.1) is 11.6 Å². The smallest absolute Gasteiger partial charge is 0.870 e. The summed E-state index contributed by atoms with van der Waals surface area (Å²) in [5, 5.41) is 9.29. The molecule has 1 N–H and O–H groups in total. The van der Waals surface area contributed by atoms with Crippen LogP contribution in [0.1, 0.15) is 6.92 Å². The van der Waals surface area contributed by atoms with Gasteiger partial charge in [0.05, 0.1) is 0 Å². The second-order valence-electron chi connectivity index (χ2n) is 0.543. The van der Waals surface area contributed by atoms with E-state index in [-0.39, 0.29) is 54.4 Å². The van der Waals surface area contributed by atoms with Crippen LogP contribution in [0.5, 0.6) is 0 Å². The van der Waals surface area contributed by atoms with Crippen LogP contribution in [-0.2, 0) is 0 Å². The second kappa shape index (κ2) is 9.91. The van der Waals surface area contributed by atoms with Crippen molar-refractivity contribution >= 4 is 60.5 Å². The van der Waals surface area contributed by atoms with Gasteiger partial charge in [-0.25, -0.2) is 0 Å². The molecule has 0 saturated heterocycles. The molecule has 0 aliphatic carbocycles. The maximum absolute atomic E-state index is 9.29. The Kier molecular flexibility index (Phi) is 25.9. The molecule has 0 bridgehead atoms. The molecule has 0 amide bonds. The van der Waals surface area contributed by atoms with Gasteiger partial charge in [-0.05, 0) is 5.56 Å². The first-order valence-corrected chi connectivity index (χ1v) is 1.47. The molecule has 0 aromatic heterocycles. The SMILES string of the molecule is CC([O-])Cl.[Ba+2].[OH-]. The molecule has 4 heteroatoms. The molecule has 0 aliphatic heterocycles. The topological polar surface area (TPSA) is 53.1 Å². The Hall–Kier alpha value is 1.78. The summed E-state index contributed by atoms with van der Waals surface area (Å²) in [6.45, 7) is 1.38. The molecule has 0 aliphatic rings. The number of hydrogen-bond donors (Lipinski definition) is 0. The van der Waals surface area contributed by atoms with E-state index in [0.29, 0.717) is 0 Å². The van der Waals surface area contributed by atoms with Crippen molar-refractivity contribution in [3.63, 3.8) is 0 Å². The first-order valence-electron chi connectivity index (χ1n) is 1.03. The molecular formula is C2H5BaClO2. The van der Waals surface area contributed by atoms with Gasteiger partial charge in [0, 0.05) is 0 Å². The Morgan fingerprint density at radius 3 is 1.67 bits per heavy atom. The Morgan fingerprint density at radius 1 is 1.67 bits per heavy atom. The van der Waals surface area contributed by atoms with Crippen LogP contribution in [0.25, 0.3) is 0 Å². The van der Waals surface area contributed by atoms with Gasteiger partial charge in [-0.2, -0.15) is 0 Å². The molecule has 0 rings (SSSR count). The van der Waals surface area contributed by atoms with Crippen molar-refractivity contribution in [1.82, 2.24) is 0 Å². The minimum Gasteiger partial charge on any atom is -0.870 e. The Labute approximate surface area is 82.3 Å². The third kappa shape index (κ3) is 41.6. The standard InChI is InChI=1S/C2H4ClO.Ba.H2O/c1-2(3)4;;/h2H,1H3;;1H2/q-1;+2;/p-1. The van der Waals surface area contributed by atoms with E-state index in [9.17, 15) is 5.11 Å². The monoisotopic (exact) mass is 234 g/mol. The molecule has 0 saturated carbocycles. The Bertz CT molecular complexity index is 16.3. The van der Waals surface area contributed by atoms with Gasteiger partial charge in [0.15, 0.2) is 0 Å². The molecule has 1 unspecified atom stereocenters. The minimum absolute atomic E-state index is 0. The predicted octanol–water partition coefficient (Wildman–Crippen LogP) is -0.626. The maximum Gasteiger partial charge on any atom is 2.00 e. The van der Waals surface area contributed by atoms with Crippen LogP contribution < -0.4 is 5.11 Å². The van der Waals surface area contributed by atoms with Crippen LogP contribution >= 0.6 is 11.6 Å². The molecule has 34 valence electrons. The van der Waals surface area contributed by atoms with Crippen molar-refractivity contribution in [2.24, 2.45) is 0 Å². The third-order valence-corrected chi connectivity index (χ3v) is 0. The van der Waals surface area contributed by atoms with E-state index in [4.69, 9.17) is 11.6 Å². The van der Waals surface area contributed by atoms with Gasteiger partial charge in [0.2, 0.25) is 0 Å². The van der Waals surface area contributed by atoms with Gasteiger partial charge in [-0.1, -0.05) is 6.92 Å². The van der Waals surface area contributed by atoms with Crippen molar-refractivity contribution in [2.75, 3.05) is 0 Å². The number of hydrogen-bond acceptors (Lipinski definition) is 2. The summed E-state index contributed by atoms with van der Waals surface area (Å²) < 4.78 is 0. The fourth-order valence-electron chi connectivity index (χ4n) is 0. The Morgan fingerprint density at radius 2 is 1.67 bits per heavy atom. The molecule has 0 spiro atoms. The van der Waals surface area contributed by atoms with E-state index in [2.05, 4.69) is 0 Å². The van der Waals surface area contributed by atoms with Crippen LogP contribution in [-0.4, -0.2) is 59.9 Å². The fourth-order valence-corrected chi connectivity index (χ4v) is 0. The maximum atomic E-state index is 9.29. The summed E-state index contributed by atoms with van der Waals surface area (Å²) in [5.41, 5.74) is -0.944. The number of rotatable bonds is 0. The van der Waals surface area contributed by atoms with Crippen molar-refractivity contribution in [3.8, 4) is 0 Å². The molecule has 0 radical (unpaired) electrons. The first-order chi connectivity index (χ1) is 1.73. The van der Waals surface area contributed by atoms with Crippen LogP contribution in [0.2, 0.25) is 0 Å². The normalized spacial score (nSPS) is 10.5. The molecular weight excluding hydrogens is 229 g/mol. The van der Waals surface area contributed by atoms with Crippen molar-refractivity contribution < 1.29 is 10.6 Å². The molecule has 0 aromatic rings. The molecule has 0 fully saturated rings. The van der Waals surface area contributed by atoms with Gasteiger partial charge >= 0.3 is 48.9 Å². The van der Waals surface area contributed by atoms with E-state index in [1.165, 1.54) is 6.92 Å². The number of halogens is 1. The van der Waals surface area contributed by atoms with Crippen LogP contribution in [0.4, 0.5) is 0 Å². The minimum atomic E-state index is -0.944. The van der Waals surface area contributed by atoms with E-state index >= 15 is 0 Å². The predicted molar refractivity (Wildman–Crippen MR) is 23.0 cm³/mol. The van der Waals surface area contributed by atoms with Crippen molar-refractivity contribution in [1.29, 1.82) is 0 Å². The third-order valence-electron chi connectivity index (χ3n) is 0. The summed E-state index contributed by atoms with van der Waals surface area (Å²) in [5.74, 6) is 0. The summed E-state index contributed by atoms with van der Waals surface area (Å²) in [6.07, 6.45) is 0. The zero-order chi connectivity index (χ0) is 3.58. The summed E-state index contributed by atoms with van der Waals surface area (Å²) >= 11 is 4.72. The quantitative estimate of drug-likeness (QED) is 0.414. The Balaban J connectivity index is -0.0000000450. The average Bonchev–Trinajstić information content (AvgIpc) is 0.811. The van der Waals surface area contributed by atoms with Gasteiger partial charge in [-0.3, -0.25) is 0 Å². The summed E-state index contributed by atoms with van der Waals surface area (Å²) in [6, 6.07) is 0. The largest absolute Gasteiger partial charge is 2.00 e. The van der Waals surface area contributed by atoms with E-state index < -0.39 is 5.56 Å². The van der Waals surface area contributed by atoms with Gasteiger partial charge in [0.25, 0.3) is 0 Å². The van der Waals surface area contributed by atoms with Crippen molar-refractivity contribution in [2.45, 2.75) is 12.5 Å². The average molecular weight is 234 g/mol. The van der Waals surface area contributed by atoms with E-state index in [1.807, 2.05) is 0 Å². The molecule has 1 atom stereocenters. The summed E-state index contributed by atoms with van der Waals surface area (Å²) in [7, 11) is 0. The van der Waals surface area contributed by atoms with Gasteiger partial charge in [0.1, 0.15) is 0 Å². The molecule has 0 heterocycles. The zero-order valence-corrected chi connectivity index (χ0v) is 8.71. The summed E-state index contributed by atoms with van der Waals surface area (Å²) in [4.78, 5) is 0. The molecule has 6 heavy (non-hydrogen) atoms. The fraction of sp³-hybridized carbons (Fsp3) is 1.00. The van der Waals surface area contributed by atoms with Crippen LogP contribution in [0.3, 0.4) is 0 Å². The van der Waals surface area contributed by atoms with Crippen molar-refractivity contribution in [3.05, 3.63) is 0 Å². The second-order valence-corrected chi connectivity index (χ2v) is 1.16. The van der Waals surface area contributed by atoms with E-state index in [0.717, 1.165) is 0 Å². The number of alkyl halides is 1.